The molecule has 0 aliphatic rings. The third-order valence-corrected chi connectivity index (χ3v) is 4.32. The topological polar surface area (TPSA) is 71.7 Å². The van der Waals surface area contributed by atoms with E-state index in [1.807, 2.05) is 23.7 Å². The molecule has 4 N–H and O–H groups in total. The van der Waals surface area contributed by atoms with Gasteiger partial charge in [0.2, 0.25) is 5.95 Å². The molecule has 0 radical (unpaired) electrons. The number of hydrogen-bond acceptors (Lipinski definition) is 3. The number of nitrogen functional groups attached to an aromatic ring is 1. The number of fused-ring (bicyclic) bond motifs is 2. The van der Waals surface area contributed by atoms with Crippen molar-refractivity contribution in [2.24, 2.45) is 7.05 Å². The number of nitrogens with two attached hydrogens (primary N) is 1. The van der Waals surface area contributed by atoms with Crippen LogP contribution in [0.25, 0.3) is 21.9 Å². The summed E-state index contributed by atoms with van der Waals surface area (Å²) in [6.07, 6.45) is 0. The van der Waals surface area contributed by atoms with E-state index in [1.165, 1.54) is 5.56 Å². The lowest BCUT2D eigenvalue weighted by atomic mass is 10.1. The van der Waals surface area contributed by atoms with Crippen molar-refractivity contribution in [3.63, 3.8) is 0 Å². The van der Waals surface area contributed by atoms with Gasteiger partial charge in [0.1, 0.15) is 5.82 Å². The second-order valence-electron chi connectivity index (χ2n) is 6.09. The number of aryl methyl sites for hydroxylation is 3. The van der Waals surface area contributed by atoms with Crippen LogP contribution in [0.5, 0.6) is 0 Å². The van der Waals surface area contributed by atoms with Crippen molar-refractivity contribution in [2.75, 3.05) is 11.1 Å². The van der Waals surface area contributed by atoms with Crippen molar-refractivity contribution in [1.82, 2.24) is 14.5 Å². The van der Waals surface area contributed by atoms with Gasteiger partial charge in [0.15, 0.2) is 0 Å². The number of anilines is 3. The van der Waals surface area contributed by atoms with E-state index >= 15 is 0 Å². The lowest BCUT2D eigenvalue weighted by molar-refractivity contribution is 0.983. The molecule has 116 valence electrons. The molecule has 0 aliphatic carbocycles. The minimum atomic E-state index is 0.746. The van der Waals surface area contributed by atoms with Crippen LogP contribution in [-0.2, 0) is 7.05 Å². The van der Waals surface area contributed by atoms with Crippen LogP contribution in [0, 0.1) is 13.8 Å². The predicted molar refractivity (Wildman–Crippen MR) is 96.2 cm³/mol. The Hall–Kier alpha value is -2.95. The van der Waals surface area contributed by atoms with Crippen LogP contribution in [0.4, 0.5) is 17.5 Å². The molecule has 0 amide bonds. The van der Waals surface area contributed by atoms with E-state index in [1.54, 1.807) is 0 Å². The Morgan fingerprint density at radius 2 is 1.96 bits per heavy atom. The highest BCUT2D eigenvalue weighted by Crippen LogP contribution is 2.29. The van der Waals surface area contributed by atoms with Crippen LogP contribution in [0.2, 0.25) is 0 Å². The molecule has 0 spiro atoms. The Labute approximate surface area is 134 Å². The van der Waals surface area contributed by atoms with E-state index < -0.39 is 0 Å². The highest BCUT2D eigenvalue weighted by Gasteiger charge is 2.09. The van der Waals surface area contributed by atoms with E-state index in [0.717, 1.165) is 45.0 Å². The Morgan fingerprint density at radius 3 is 2.78 bits per heavy atom. The molecule has 2 heterocycles. The smallest absolute Gasteiger partial charge is 0.205 e. The van der Waals surface area contributed by atoms with Gasteiger partial charge in [0, 0.05) is 18.1 Å². The normalized spacial score (nSPS) is 11.4. The predicted octanol–water partition coefficient (Wildman–Crippen LogP) is 4.00. The highest BCUT2D eigenvalue weighted by molar-refractivity contribution is 5.89. The van der Waals surface area contributed by atoms with Gasteiger partial charge in [-0.1, -0.05) is 6.07 Å². The maximum atomic E-state index is 5.99. The maximum Gasteiger partial charge on any atom is 0.205 e. The first-order chi connectivity index (χ1) is 11.0. The summed E-state index contributed by atoms with van der Waals surface area (Å²) in [6, 6.07) is 12.4. The minimum Gasteiger partial charge on any atom is -0.385 e. The van der Waals surface area contributed by atoms with Crippen molar-refractivity contribution in [2.45, 2.75) is 13.8 Å². The van der Waals surface area contributed by atoms with Crippen molar-refractivity contribution >= 4 is 39.4 Å². The summed E-state index contributed by atoms with van der Waals surface area (Å²) >= 11 is 0. The molecule has 0 unspecified atom stereocenters. The molecule has 0 bridgehead atoms. The average molecular weight is 305 g/mol. The largest absolute Gasteiger partial charge is 0.385 e. The summed E-state index contributed by atoms with van der Waals surface area (Å²) < 4.78 is 1.99. The highest BCUT2D eigenvalue weighted by atomic mass is 15.1. The molecule has 0 saturated carbocycles. The number of benzene rings is 2. The molecule has 4 rings (SSSR count). The zero-order valence-corrected chi connectivity index (χ0v) is 13.4. The number of nitrogens with zero attached hydrogens (tertiary/aromatic N) is 2. The van der Waals surface area contributed by atoms with Crippen LogP contribution in [0.3, 0.4) is 0 Å². The molecule has 2 aromatic heterocycles. The summed E-state index contributed by atoms with van der Waals surface area (Å²) in [5, 5.41) is 4.54. The van der Waals surface area contributed by atoms with Crippen LogP contribution in [-0.4, -0.2) is 14.5 Å². The molecular formula is C18H19N5. The van der Waals surface area contributed by atoms with Crippen molar-refractivity contribution < 1.29 is 0 Å². The second-order valence-corrected chi connectivity index (χ2v) is 6.09. The lowest BCUT2D eigenvalue weighted by Gasteiger charge is -2.08. The molecule has 5 heteroatoms. The first-order valence-corrected chi connectivity index (χ1v) is 7.60. The standard InChI is InChI=1S/C18H19N5/c1-10-4-5-13-15(6-10)22-18(20-13)21-14-9-16-12(7-11(14)2)8-17(19)23(16)3/h4-9H,19H2,1-3H3,(H2,20,21,22). The van der Waals surface area contributed by atoms with Gasteiger partial charge in [0.05, 0.1) is 16.6 Å². The molecular weight excluding hydrogens is 286 g/mol. The first kappa shape index (κ1) is 13.7. The summed E-state index contributed by atoms with van der Waals surface area (Å²) in [4.78, 5) is 7.93. The van der Waals surface area contributed by atoms with Gasteiger partial charge in [-0.3, -0.25) is 0 Å². The Balaban J connectivity index is 1.78. The van der Waals surface area contributed by atoms with Gasteiger partial charge >= 0.3 is 0 Å². The van der Waals surface area contributed by atoms with Crippen molar-refractivity contribution in [3.8, 4) is 0 Å². The van der Waals surface area contributed by atoms with Crippen molar-refractivity contribution in [1.29, 1.82) is 0 Å². The summed E-state index contributed by atoms with van der Waals surface area (Å²) in [7, 11) is 1.97. The fraction of sp³-hybridized carbons (Fsp3) is 0.167. The van der Waals surface area contributed by atoms with Crippen LogP contribution < -0.4 is 11.1 Å². The van der Waals surface area contributed by atoms with Gasteiger partial charge in [0.25, 0.3) is 0 Å². The van der Waals surface area contributed by atoms with Crippen LogP contribution in [0.15, 0.2) is 36.4 Å². The van der Waals surface area contributed by atoms with E-state index in [-0.39, 0.29) is 0 Å². The Morgan fingerprint density at radius 1 is 1.13 bits per heavy atom. The lowest BCUT2D eigenvalue weighted by Crippen LogP contribution is -1.97. The Bertz CT molecular complexity index is 1040. The van der Waals surface area contributed by atoms with Gasteiger partial charge < -0.3 is 20.6 Å². The molecule has 0 aliphatic heterocycles. The molecule has 23 heavy (non-hydrogen) atoms. The summed E-state index contributed by atoms with van der Waals surface area (Å²) in [5.74, 6) is 1.51. The third-order valence-electron chi connectivity index (χ3n) is 4.32. The van der Waals surface area contributed by atoms with E-state index in [4.69, 9.17) is 5.73 Å². The van der Waals surface area contributed by atoms with Gasteiger partial charge in [-0.05, 0) is 55.3 Å². The minimum absolute atomic E-state index is 0.746. The third kappa shape index (κ3) is 2.21. The van der Waals surface area contributed by atoms with Crippen LogP contribution in [0.1, 0.15) is 11.1 Å². The number of hydrogen-bond donors (Lipinski definition) is 3. The monoisotopic (exact) mass is 305 g/mol. The second kappa shape index (κ2) is 4.78. The fourth-order valence-corrected chi connectivity index (χ4v) is 2.97. The average Bonchev–Trinajstić information content (AvgIpc) is 3.01. The Kier molecular flexibility index (Phi) is 2.84. The molecule has 2 aromatic carbocycles. The molecule has 0 fully saturated rings. The zero-order chi connectivity index (χ0) is 16.1. The first-order valence-electron chi connectivity index (χ1n) is 7.60. The SMILES string of the molecule is Cc1ccc2nc(Nc3cc4c(cc3C)cc(N)n4C)[nH]c2c1. The van der Waals surface area contributed by atoms with Crippen LogP contribution >= 0.6 is 0 Å². The number of imidazole rings is 1. The quantitative estimate of drug-likeness (QED) is 0.524. The number of rotatable bonds is 2. The fourth-order valence-electron chi connectivity index (χ4n) is 2.97. The zero-order valence-electron chi connectivity index (χ0n) is 13.4. The van der Waals surface area contributed by atoms with E-state index in [0.29, 0.717) is 0 Å². The summed E-state index contributed by atoms with van der Waals surface area (Å²) in [6.45, 7) is 4.16. The summed E-state index contributed by atoms with van der Waals surface area (Å²) in [5.41, 5.74) is 12.5. The van der Waals surface area contributed by atoms with Gasteiger partial charge in [-0.25, -0.2) is 4.98 Å². The molecule has 4 aromatic rings. The van der Waals surface area contributed by atoms with E-state index in [2.05, 4.69) is 53.4 Å². The number of aromatic nitrogens is 3. The number of H-pyrrole nitrogens is 1. The van der Waals surface area contributed by atoms with Gasteiger partial charge in [-0.15, -0.1) is 0 Å². The maximum absolute atomic E-state index is 5.99. The molecule has 0 saturated heterocycles. The van der Waals surface area contributed by atoms with Gasteiger partial charge in [-0.2, -0.15) is 0 Å². The van der Waals surface area contributed by atoms with E-state index in [9.17, 15) is 0 Å². The molecule has 5 nitrogen and oxygen atoms in total. The molecule has 0 atom stereocenters. The van der Waals surface area contributed by atoms with Crippen molar-refractivity contribution in [3.05, 3.63) is 47.5 Å². The number of aromatic amines is 1. The number of nitrogens with one attached hydrogen (secondary N) is 2.